The first-order valence-electron chi connectivity index (χ1n) is 10.1. The first-order chi connectivity index (χ1) is 15.2. The maximum absolute atomic E-state index is 13.8. The summed E-state index contributed by atoms with van der Waals surface area (Å²) in [5.74, 6) is -0.120. The number of carbonyl (C=O) groups excluding carboxylic acids is 1. The molecule has 0 spiro atoms. The van der Waals surface area contributed by atoms with Gasteiger partial charge in [0.25, 0.3) is 0 Å². The van der Waals surface area contributed by atoms with E-state index < -0.39 is 40.6 Å². The number of benzene rings is 2. The summed E-state index contributed by atoms with van der Waals surface area (Å²) >= 11 is 5.62. The molecular weight excluding hydrogens is 474 g/mol. The first kappa shape index (κ1) is 25.2. The van der Waals surface area contributed by atoms with Crippen LogP contribution in [0.15, 0.2) is 36.4 Å². The zero-order valence-corrected chi connectivity index (χ0v) is 18.1. The topological polar surface area (TPSA) is 61.4 Å². The molecule has 33 heavy (non-hydrogen) atoms. The van der Waals surface area contributed by atoms with Crippen molar-refractivity contribution in [2.24, 2.45) is 0 Å². The summed E-state index contributed by atoms with van der Waals surface area (Å²) in [5.41, 5.74) is -4.14. The van der Waals surface area contributed by atoms with E-state index in [1.54, 1.807) is 19.1 Å². The van der Waals surface area contributed by atoms with Crippen LogP contribution in [0.25, 0.3) is 0 Å². The van der Waals surface area contributed by atoms with Gasteiger partial charge in [-0.05, 0) is 59.9 Å². The van der Waals surface area contributed by atoms with Crippen LogP contribution in [0.4, 0.5) is 32.0 Å². The third-order valence-corrected chi connectivity index (χ3v) is 5.82. The molecule has 3 rings (SSSR count). The molecule has 0 aliphatic heterocycles. The lowest BCUT2D eigenvalue weighted by molar-refractivity contribution is -0.260. The van der Waals surface area contributed by atoms with Gasteiger partial charge in [0.2, 0.25) is 11.5 Å². The van der Waals surface area contributed by atoms with Crippen molar-refractivity contribution in [3.05, 3.63) is 63.7 Å². The number of amides is 1. The summed E-state index contributed by atoms with van der Waals surface area (Å²) < 4.78 is 80.7. The fourth-order valence-corrected chi connectivity index (χ4v) is 4.00. The molecule has 0 saturated carbocycles. The number of halogens is 7. The Morgan fingerprint density at radius 1 is 1.09 bits per heavy atom. The number of aryl methyl sites for hydroxylation is 1. The van der Waals surface area contributed by atoms with E-state index >= 15 is 0 Å². The molecule has 2 aromatic carbocycles. The molecule has 4 nitrogen and oxygen atoms in total. The molecule has 0 heterocycles. The SMILES string of the molecule is CCC(=O)N[C@@H]1CCc2cc(NC[C@@](O)(c3cc(Cl)cc(C(F)(F)F)c3)C(F)(F)F)ccc21. The lowest BCUT2D eigenvalue weighted by atomic mass is 9.91. The van der Waals surface area contributed by atoms with E-state index in [1.165, 1.54) is 6.07 Å². The Morgan fingerprint density at radius 3 is 2.36 bits per heavy atom. The molecule has 1 aliphatic rings. The van der Waals surface area contributed by atoms with E-state index in [0.29, 0.717) is 31.4 Å². The standard InChI is InChI=1S/C22H21ClF6N2O2/c1-2-19(32)31-18-6-3-12-7-16(4-5-17(12)18)30-11-20(33,22(27,28)29)13-8-14(21(24,25)26)10-15(23)9-13/h4-5,7-10,18,30,33H,2-3,6,11H2,1H3,(H,31,32)/t18-,20-/m1/s1. The van der Waals surface area contributed by atoms with Crippen molar-refractivity contribution >= 4 is 23.2 Å². The maximum Gasteiger partial charge on any atom is 0.423 e. The van der Waals surface area contributed by atoms with Crippen molar-refractivity contribution < 1.29 is 36.2 Å². The maximum atomic E-state index is 13.8. The zero-order chi connectivity index (χ0) is 24.6. The molecule has 2 atom stereocenters. The molecule has 180 valence electrons. The van der Waals surface area contributed by atoms with E-state index in [1.807, 2.05) is 0 Å². The molecule has 0 fully saturated rings. The van der Waals surface area contributed by atoms with Gasteiger partial charge in [-0.15, -0.1) is 0 Å². The molecule has 1 amide bonds. The predicted molar refractivity (Wildman–Crippen MR) is 111 cm³/mol. The number of anilines is 1. The number of hydrogen-bond acceptors (Lipinski definition) is 3. The van der Waals surface area contributed by atoms with E-state index in [2.05, 4.69) is 10.6 Å². The fraction of sp³-hybridized carbons (Fsp3) is 0.409. The monoisotopic (exact) mass is 494 g/mol. The number of aliphatic hydroxyl groups is 1. The van der Waals surface area contributed by atoms with Gasteiger partial charge in [0.05, 0.1) is 18.2 Å². The van der Waals surface area contributed by atoms with Gasteiger partial charge in [0.1, 0.15) is 0 Å². The van der Waals surface area contributed by atoms with Crippen LogP contribution < -0.4 is 10.6 Å². The van der Waals surface area contributed by atoms with E-state index in [-0.39, 0.29) is 23.7 Å². The highest BCUT2D eigenvalue weighted by Gasteiger charge is 2.55. The minimum absolute atomic E-state index is 0.120. The molecule has 0 aromatic heterocycles. The Balaban J connectivity index is 1.86. The van der Waals surface area contributed by atoms with Crippen LogP contribution in [0.5, 0.6) is 0 Å². The molecular formula is C22H21ClF6N2O2. The molecule has 0 saturated heterocycles. The lowest BCUT2D eigenvalue weighted by Crippen LogP contribution is -2.48. The van der Waals surface area contributed by atoms with Crippen LogP contribution in [0.2, 0.25) is 5.02 Å². The Kier molecular flexibility index (Phi) is 6.91. The number of nitrogens with one attached hydrogen (secondary N) is 2. The van der Waals surface area contributed by atoms with Crippen molar-refractivity contribution in [3.63, 3.8) is 0 Å². The number of fused-ring (bicyclic) bond motifs is 1. The molecule has 0 unspecified atom stereocenters. The summed E-state index contributed by atoms with van der Waals surface area (Å²) in [5, 5.41) is 15.3. The molecule has 11 heteroatoms. The molecule has 0 radical (unpaired) electrons. The Hall–Kier alpha value is -2.46. The molecule has 3 N–H and O–H groups in total. The van der Waals surface area contributed by atoms with E-state index in [4.69, 9.17) is 11.6 Å². The van der Waals surface area contributed by atoms with Gasteiger partial charge in [0, 0.05) is 17.1 Å². The highest BCUT2D eigenvalue weighted by molar-refractivity contribution is 6.30. The summed E-state index contributed by atoms with van der Waals surface area (Å²) in [6.07, 6.45) is -8.68. The molecule has 2 aromatic rings. The summed E-state index contributed by atoms with van der Waals surface area (Å²) in [6, 6.07) is 5.96. The van der Waals surface area contributed by atoms with Crippen LogP contribution in [0.3, 0.4) is 0 Å². The normalized spacial score (nSPS) is 17.9. The third-order valence-electron chi connectivity index (χ3n) is 5.60. The van der Waals surface area contributed by atoms with Gasteiger partial charge in [-0.1, -0.05) is 24.6 Å². The van der Waals surface area contributed by atoms with Crippen LogP contribution >= 0.6 is 11.6 Å². The second-order valence-electron chi connectivity index (χ2n) is 7.86. The van der Waals surface area contributed by atoms with Crippen molar-refractivity contribution in [3.8, 4) is 0 Å². The predicted octanol–water partition coefficient (Wildman–Crippen LogP) is 5.73. The summed E-state index contributed by atoms with van der Waals surface area (Å²) in [7, 11) is 0. The van der Waals surface area contributed by atoms with E-state index in [0.717, 1.165) is 11.1 Å². The third kappa shape index (κ3) is 5.38. The Bertz CT molecular complexity index is 1040. The number of hydrogen-bond donors (Lipinski definition) is 3. The number of rotatable bonds is 6. The smallest absolute Gasteiger partial charge is 0.381 e. The highest BCUT2D eigenvalue weighted by atomic mass is 35.5. The number of carbonyl (C=O) groups is 1. The largest absolute Gasteiger partial charge is 0.423 e. The van der Waals surface area contributed by atoms with Crippen LogP contribution in [-0.2, 0) is 23.0 Å². The average Bonchev–Trinajstić information content (AvgIpc) is 3.11. The molecule has 0 bridgehead atoms. The van der Waals surface area contributed by atoms with Crippen LogP contribution in [0, 0.1) is 0 Å². The van der Waals surface area contributed by atoms with Crippen LogP contribution in [-0.4, -0.2) is 23.7 Å². The van der Waals surface area contributed by atoms with Gasteiger partial charge in [-0.2, -0.15) is 26.3 Å². The van der Waals surface area contributed by atoms with Gasteiger partial charge in [-0.3, -0.25) is 4.79 Å². The fourth-order valence-electron chi connectivity index (χ4n) is 3.76. The minimum atomic E-state index is -5.29. The van der Waals surface area contributed by atoms with Gasteiger partial charge >= 0.3 is 12.4 Å². The number of alkyl halides is 6. The average molecular weight is 495 g/mol. The second-order valence-corrected chi connectivity index (χ2v) is 8.30. The zero-order valence-electron chi connectivity index (χ0n) is 17.4. The van der Waals surface area contributed by atoms with Crippen LogP contribution in [0.1, 0.15) is 48.1 Å². The van der Waals surface area contributed by atoms with Crippen molar-refractivity contribution in [1.29, 1.82) is 0 Å². The van der Waals surface area contributed by atoms with Crippen molar-refractivity contribution in [1.82, 2.24) is 5.32 Å². The van der Waals surface area contributed by atoms with Gasteiger partial charge < -0.3 is 15.7 Å². The molecule has 1 aliphatic carbocycles. The lowest BCUT2D eigenvalue weighted by Gasteiger charge is -2.32. The Morgan fingerprint density at radius 2 is 1.76 bits per heavy atom. The summed E-state index contributed by atoms with van der Waals surface area (Å²) in [4.78, 5) is 11.7. The summed E-state index contributed by atoms with van der Waals surface area (Å²) in [6.45, 7) is 0.584. The second kappa shape index (κ2) is 9.06. The highest BCUT2D eigenvalue weighted by Crippen LogP contribution is 2.42. The van der Waals surface area contributed by atoms with E-state index in [9.17, 15) is 36.2 Å². The minimum Gasteiger partial charge on any atom is -0.381 e. The van der Waals surface area contributed by atoms with Crippen molar-refractivity contribution in [2.75, 3.05) is 11.9 Å². The van der Waals surface area contributed by atoms with Crippen molar-refractivity contribution in [2.45, 2.75) is 50.2 Å². The van der Waals surface area contributed by atoms with Gasteiger partial charge in [0.15, 0.2) is 0 Å². The quantitative estimate of drug-likeness (QED) is 0.449. The Labute approximate surface area is 190 Å². The van der Waals surface area contributed by atoms with Gasteiger partial charge in [-0.25, -0.2) is 0 Å². The first-order valence-corrected chi connectivity index (χ1v) is 10.5.